The molecule has 2 aromatic rings. The van der Waals surface area contributed by atoms with Crippen molar-refractivity contribution in [2.75, 3.05) is 0 Å². The van der Waals surface area contributed by atoms with Crippen LogP contribution in [0.1, 0.15) is 65.5 Å². The van der Waals surface area contributed by atoms with Crippen molar-refractivity contribution in [3.63, 3.8) is 0 Å². The van der Waals surface area contributed by atoms with E-state index in [1.54, 1.807) is 41.5 Å². The second-order valence-electron chi connectivity index (χ2n) is 11.5. The number of nitrogens with one attached hydrogen (secondary N) is 2. The van der Waals surface area contributed by atoms with Gasteiger partial charge in [-0.15, -0.1) is 0 Å². The molecule has 0 unspecified atom stereocenters. The number of hydrogen-bond donors (Lipinski definition) is 2. The molecule has 2 aliphatic carbocycles. The monoisotopic (exact) mass is 538 g/mol. The van der Waals surface area contributed by atoms with Crippen LogP contribution >= 0.6 is 0 Å². The Morgan fingerprint density at radius 3 is 1.24 bits per heavy atom. The zero-order chi connectivity index (χ0) is 28.5. The Balaban J connectivity index is 0.000000211. The first-order chi connectivity index (χ1) is 17.4. The minimum Gasteiger partial charge on any atom is -0.444 e. The Morgan fingerprint density at radius 1 is 0.684 bits per heavy atom. The fraction of sp³-hybridized carbons (Fsp3) is 0.500. The summed E-state index contributed by atoms with van der Waals surface area (Å²) in [5.74, 6) is -0.825. The van der Waals surface area contributed by atoms with Crippen molar-refractivity contribution in [3.8, 4) is 0 Å². The van der Waals surface area contributed by atoms with E-state index in [1.165, 1.54) is 48.5 Å². The van der Waals surface area contributed by atoms with Crippen LogP contribution in [0.3, 0.4) is 0 Å². The smallest absolute Gasteiger partial charge is 0.407 e. The molecule has 2 amide bonds. The lowest BCUT2D eigenvalue weighted by atomic mass is 10.1. The van der Waals surface area contributed by atoms with E-state index in [0.29, 0.717) is 11.1 Å². The third kappa shape index (κ3) is 7.85. The van der Waals surface area contributed by atoms with Crippen molar-refractivity contribution in [2.45, 2.75) is 89.0 Å². The van der Waals surface area contributed by atoms with E-state index in [1.807, 2.05) is 0 Å². The van der Waals surface area contributed by atoms with Gasteiger partial charge in [0.25, 0.3) is 0 Å². The maximum Gasteiger partial charge on any atom is 0.407 e. The lowest BCUT2D eigenvalue weighted by molar-refractivity contribution is 0.0500. The molecular formula is C28H34F4N2O4. The van der Waals surface area contributed by atoms with Gasteiger partial charge >= 0.3 is 12.2 Å². The van der Waals surface area contributed by atoms with Crippen LogP contribution in [0.5, 0.6) is 0 Å². The number of hydrogen-bond acceptors (Lipinski definition) is 4. The van der Waals surface area contributed by atoms with E-state index in [0.717, 1.165) is 0 Å². The Hall–Kier alpha value is -3.30. The average Bonchev–Trinajstić information content (AvgIpc) is 3.62. The van der Waals surface area contributed by atoms with Gasteiger partial charge in [-0.3, -0.25) is 0 Å². The third-order valence-corrected chi connectivity index (χ3v) is 5.82. The summed E-state index contributed by atoms with van der Waals surface area (Å²) < 4.78 is 64.5. The van der Waals surface area contributed by atoms with Crippen LogP contribution in [0.2, 0.25) is 0 Å². The number of alkyl halides is 2. The second-order valence-corrected chi connectivity index (χ2v) is 11.5. The molecule has 38 heavy (non-hydrogen) atoms. The summed E-state index contributed by atoms with van der Waals surface area (Å²) in [7, 11) is 0. The number of benzene rings is 2. The maximum atomic E-state index is 14.4. The molecule has 4 atom stereocenters. The molecule has 0 aromatic heterocycles. The number of rotatable bonds is 4. The highest BCUT2D eigenvalue weighted by molar-refractivity contribution is 5.69. The van der Waals surface area contributed by atoms with Gasteiger partial charge in [0, 0.05) is 12.8 Å². The van der Waals surface area contributed by atoms with Gasteiger partial charge in [-0.25, -0.2) is 27.2 Å². The predicted molar refractivity (Wildman–Crippen MR) is 134 cm³/mol. The zero-order valence-corrected chi connectivity index (χ0v) is 22.3. The highest BCUT2D eigenvalue weighted by Crippen LogP contribution is 2.50. The van der Waals surface area contributed by atoms with Crippen molar-refractivity contribution >= 4 is 12.2 Å². The van der Waals surface area contributed by atoms with E-state index in [9.17, 15) is 27.2 Å². The SMILES string of the molecule is CC(C)(C)OC(=O)N[C@@H]1C[C@@]1(F)c1ccc(F)cc1.CC(C)(C)OC(=O)N[C@H]1C[C@]1(F)c1ccc(F)cc1. The van der Waals surface area contributed by atoms with E-state index in [4.69, 9.17) is 9.47 Å². The Morgan fingerprint density at radius 2 is 0.974 bits per heavy atom. The highest BCUT2D eigenvalue weighted by Gasteiger charge is 2.59. The van der Waals surface area contributed by atoms with Gasteiger partial charge in [0.2, 0.25) is 0 Å². The molecule has 2 aliphatic rings. The fourth-order valence-corrected chi connectivity index (χ4v) is 3.80. The molecule has 0 heterocycles. The molecular weight excluding hydrogens is 504 g/mol. The lowest BCUT2D eigenvalue weighted by Crippen LogP contribution is -2.35. The van der Waals surface area contributed by atoms with Gasteiger partial charge in [0.15, 0.2) is 11.3 Å². The van der Waals surface area contributed by atoms with Crippen molar-refractivity contribution in [2.24, 2.45) is 0 Å². The van der Waals surface area contributed by atoms with Crippen molar-refractivity contribution in [3.05, 3.63) is 71.3 Å². The molecule has 2 N–H and O–H groups in total. The number of amides is 2. The summed E-state index contributed by atoms with van der Waals surface area (Å²) >= 11 is 0. The van der Waals surface area contributed by atoms with E-state index >= 15 is 0 Å². The molecule has 4 rings (SSSR count). The molecule has 6 nitrogen and oxygen atoms in total. The Labute approximate surface area is 220 Å². The van der Waals surface area contributed by atoms with Gasteiger partial charge in [0.1, 0.15) is 22.8 Å². The van der Waals surface area contributed by atoms with Crippen LogP contribution in [-0.4, -0.2) is 35.5 Å². The standard InChI is InChI=1S/2C14H17F2NO2/c2*1-13(2,3)19-12(18)17-11-8-14(11,16)9-4-6-10(15)7-5-9/h2*4-7,11H,8H2,1-3H3,(H,17,18)/t2*11-,14-/m10/s1. The first kappa shape index (κ1) is 29.3. The van der Waals surface area contributed by atoms with Crippen molar-refractivity contribution < 1.29 is 36.6 Å². The first-order valence-corrected chi connectivity index (χ1v) is 12.3. The van der Waals surface area contributed by atoms with E-state index in [2.05, 4.69) is 10.6 Å². The number of alkyl carbamates (subject to hydrolysis) is 2. The molecule has 2 saturated carbocycles. The van der Waals surface area contributed by atoms with Crippen molar-refractivity contribution in [1.82, 2.24) is 10.6 Å². The van der Waals surface area contributed by atoms with Crippen LogP contribution in [0, 0.1) is 11.6 Å². The van der Waals surface area contributed by atoms with Crippen LogP contribution in [0.25, 0.3) is 0 Å². The molecule has 0 spiro atoms. The topological polar surface area (TPSA) is 76.7 Å². The maximum absolute atomic E-state index is 14.4. The Bertz CT molecular complexity index is 1050. The minimum absolute atomic E-state index is 0.178. The van der Waals surface area contributed by atoms with Crippen LogP contribution in [0.15, 0.2) is 48.5 Å². The number of halogens is 4. The van der Waals surface area contributed by atoms with Crippen LogP contribution < -0.4 is 10.6 Å². The van der Waals surface area contributed by atoms with E-state index in [-0.39, 0.29) is 12.8 Å². The van der Waals surface area contributed by atoms with Gasteiger partial charge in [-0.1, -0.05) is 24.3 Å². The lowest BCUT2D eigenvalue weighted by Gasteiger charge is -2.20. The van der Waals surface area contributed by atoms with Gasteiger partial charge < -0.3 is 20.1 Å². The molecule has 2 aromatic carbocycles. The molecule has 208 valence electrons. The normalized spacial score (nSPS) is 25.8. The third-order valence-electron chi connectivity index (χ3n) is 5.82. The molecule has 0 radical (unpaired) electrons. The first-order valence-electron chi connectivity index (χ1n) is 12.3. The predicted octanol–water partition coefficient (Wildman–Crippen LogP) is 6.58. The fourth-order valence-electron chi connectivity index (χ4n) is 3.80. The number of carbonyl (C=O) groups is 2. The number of carbonyl (C=O) groups excluding carboxylic acids is 2. The van der Waals surface area contributed by atoms with Gasteiger partial charge in [-0.05, 0) is 76.9 Å². The molecule has 0 saturated heterocycles. The largest absolute Gasteiger partial charge is 0.444 e. The van der Waals surface area contributed by atoms with Crippen molar-refractivity contribution in [1.29, 1.82) is 0 Å². The second kappa shape index (κ2) is 10.5. The highest BCUT2D eigenvalue weighted by atomic mass is 19.2. The summed E-state index contributed by atoms with van der Waals surface area (Å²) in [5, 5.41) is 4.97. The summed E-state index contributed by atoms with van der Waals surface area (Å²) in [6.45, 7) is 10.4. The Kier molecular flexibility index (Phi) is 8.05. The molecule has 2 fully saturated rings. The molecule has 0 aliphatic heterocycles. The minimum atomic E-state index is -1.62. The molecule has 10 heteroatoms. The summed E-state index contributed by atoms with van der Waals surface area (Å²) in [6.07, 6.45) is -0.922. The molecule has 0 bridgehead atoms. The summed E-state index contributed by atoms with van der Waals surface area (Å²) in [6, 6.07) is 9.18. The van der Waals surface area contributed by atoms with Crippen LogP contribution in [0.4, 0.5) is 27.2 Å². The average molecular weight is 539 g/mol. The quantitative estimate of drug-likeness (QED) is 0.432. The summed E-state index contributed by atoms with van der Waals surface area (Å²) in [4.78, 5) is 23.0. The summed E-state index contributed by atoms with van der Waals surface area (Å²) in [5.41, 5.74) is -3.73. The van der Waals surface area contributed by atoms with Gasteiger partial charge in [0.05, 0.1) is 12.1 Å². The van der Waals surface area contributed by atoms with E-state index < -0.39 is 58.4 Å². The van der Waals surface area contributed by atoms with Crippen LogP contribution in [-0.2, 0) is 20.8 Å². The number of ether oxygens (including phenoxy) is 2. The van der Waals surface area contributed by atoms with Gasteiger partial charge in [-0.2, -0.15) is 0 Å². The zero-order valence-electron chi connectivity index (χ0n) is 22.3.